The summed E-state index contributed by atoms with van der Waals surface area (Å²) in [4.78, 5) is 0. The Morgan fingerprint density at radius 3 is 2.55 bits per heavy atom. The van der Waals surface area contributed by atoms with Gasteiger partial charge in [0.2, 0.25) is 0 Å². The van der Waals surface area contributed by atoms with Gasteiger partial charge >= 0.3 is 0 Å². The summed E-state index contributed by atoms with van der Waals surface area (Å²) < 4.78 is 7.47. The highest BCUT2D eigenvalue weighted by Crippen LogP contribution is 2.13. The van der Waals surface area contributed by atoms with Crippen LogP contribution in [-0.2, 0) is 13.1 Å². The number of methoxy groups -OCH3 is 1. The van der Waals surface area contributed by atoms with Crippen LogP contribution in [0.4, 0.5) is 0 Å². The van der Waals surface area contributed by atoms with Crippen molar-refractivity contribution in [3.8, 4) is 5.75 Å². The molecule has 0 unspecified atom stereocenters. The number of hydrogen-bond acceptors (Lipinski definition) is 2. The first-order valence-electron chi connectivity index (χ1n) is 7.16. The molecule has 0 saturated heterocycles. The Bertz CT molecular complexity index is 514. The maximum Gasteiger partial charge on any atom is 0.118 e. The van der Waals surface area contributed by atoms with E-state index in [-0.39, 0.29) is 0 Å². The van der Waals surface area contributed by atoms with Crippen LogP contribution in [0.15, 0.2) is 42.6 Å². The summed E-state index contributed by atoms with van der Waals surface area (Å²) >= 11 is 0. The molecule has 0 aliphatic carbocycles. The minimum atomic E-state index is 0.681. The van der Waals surface area contributed by atoms with Crippen molar-refractivity contribution < 1.29 is 4.74 Å². The van der Waals surface area contributed by atoms with E-state index < -0.39 is 0 Å². The number of benzene rings is 1. The number of ether oxygens (including phenoxy) is 1. The maximum absolute atomic E-state index is 5.19. The van der Waals surface area contributed by atoms with Gasteiger partial charge in [0.25, 0.3) is 0 Å². The van der Waals surface area contributed by atoms with Gasteiger partial charge in [0.1, 0.15) is 5.75 Å². The van der Waals surface area contributed by atoms with E-state index in [4.69, 9.17) is 4.74 Å². The fraction of sp³-hybridized carbons (Fsp3) is 0.412. The average Bonchev–Trinajstić information content (AvgIpc) is 2.87. The molecular weight excluding hydrogens is 248 g/mol. The van der Waals surface area contributed by atoms with Crippen molar-refractivity contribution in [2.24, 2.45) is 5.92 Å². The summed E-state index contributed by atoms with van der Waals surface area (Å²) in [5.74, 6) is 1.58. The molecule has 0 aliphatic rings. The molecule has 3 heteroatoms. The lowest BCUT2D eigenvalue weighted by Gasteiger charge is -2.12. The predicted octanol–water partition coefficient (Wildman–Crippen LogP) is 3.29. The van der Waals surface area contributed by atoms with Gasteiger partial charge in [-0.3, -0.25) is 0 Å². The Kier molecular flexibility index (Phi) is 5.24. The van der Waals surface area contributed by atoms with Gasteiger partial charge in [-0.05, 0) is 42.3 Å². The Hall–Kier alpha value is -1.74. The van der Waals surface area contributed by atoms with Gasteiger partial charge in [-0.25, -0.2) is 0 Å². The van der Waals surface area contributed by atoms with Crippen LogP contribution in [0, 0.1) is 5.92 Å². The average molecular weight is 272 g/mol. The third-order valence-corrected chi connectivity index (χ3v) is 3.29. The van der Waals surface area contributed by atoms with E-state index in [9.17, 15) is 0 Å². The number of nitrogens with zero attached hydrogens (tertiary/aromatic N) is 1. The highest BCUT2D eigenvalue weighted by Gasteiger charge is 2.03. The largest absolute Gasteiger partial charge is 0.497 e. The predicted molar refractivity (Wildman–Crippen MR) is 83.1 cm³/mol. The van der Waals surface area contributed by atoms with Crippen LogP contribution >= 0.6 is 0 Å². The van der Waals surface area contributed by atoms with Crippen molar-refractivity contribution in [1.29, 1.82) is 0 Å². The van der Waals surface area contributed by atoms with Gasteiger partial charge in [-0.2, -0.15) is 0 Å². The van der Waals surface area contributed by atoms with Gasteiger partial charge in [-0.1, -0.05) is 26.0 Å². The topological polar surface area (TPSA) is 26.2 Å². The standard InChI is InChI=1S/C17H24N2O/c1-14(2)11-18-12-16-5-4-10-19(16)13-15-6-8-17(20-3)9-7-15/h4-10,14,18H,11-13H2,1-3H3. The molecule has 0 radical (unpaired) electrons. The van der Waals surface area contributed by atoms with Gasteiger partial charge in [0.15, 0.2) is 0 Å². The first-order valence-corrected chi connectivity index (χ1v) is 7.16. The minimum Gasteiger partial charge on any atom is -0.497 e. The molecule has 0 spiro atoms. The maximum atomic E-state index is 5.19. The van der Waals surface area contributed by atoms with Crippen molar-refractivity contribution in [2.45, 2.75) is 26.9 Å². The minimum absolute atomic E-state index is 0.681. The fourth-order valence-corrected chi connectivity index (χ4v) is 2.18. The molecule has 1 aromatic carbocycles. The van der Waals surface area contributed by atoms with Crippen LogP contribution in [0.2, 0.25) is 0 Å². The zero-order chi connectivity index (χ0) is 14.4. The molecule has 0 saturated carbocycles. The third-order valence-electron chi connectivity index (χ3n) is 3.29. The van der Waals surface area contributed by atoms with Crippen LogP contribution in [-0.4, -0.2) is 18.2 Å². The SMILES string of the molecule is COc1ccc(Cn2cccc2CNCC(C)C)cc1. The number of nitrogens with one attached hydrogen (secondary N) is 1. The molecule has 1 N–H and O–H groups in total. The molecule has 108 valence electrons. The molecule has 2 aromatic rings. The normalized spacial score (nSPS) is 11.0. The number of aromatic nitrogens is 1. The first kappa shape index (κ1) is 14.7. The Labute approximate surface area is 121 Å². The molecule has 20 heavy (non-hydrogen) atoms. The second-order valence-electron chi connectivity index (χ2n) is 5.50. The smallest absolute Gasteiger partial charge is 0.118 e. The lowest BCUT2D eigenvalue weighted by Crippen LogP contribution is -2.20. The zero-order valence-electron chi connectivity index (χ0n) is 12.6. The van der Waals surface area contributed by atoms with Gasteiger partial charge in [0.05, 0.1) is 7.11 Å². The summed E-state index contributed by atoms with van der Waals surface area (Å²) in [6.45, 7) is 7.32. The molecule has 0 bridgehead atoms. The number of rotatable bonds is 7. The second kappa shape index (κ2) is 7.15. The van der Waals surface area contributed by atoms with Gasteiger partial charge in [0, 0.05) is 25.0 Å². The van der Waals surface area contributed by atoms with Crippen molar-refractivity contribution in [3.63, 3.8) is 0 Å². The number of hydrogen-bond donors (Lipinski definition) is 1. The quantitative estimate of drug-likeness (QED) is 0.837. The van der Waals surface area contributed by atoms with Gasteiger partial charge < -0.3 is 14.6 Å². The summed E-state index contributed by atoms with van der Waals surface area (Å²) in [6, 6.07) is 12.5. The van der Waals surface area contributed by atoms with E-state index in [0.29, 0.717) is 5.92 Å². The summed E-state index contributed by atoms with van der Waals surface area (Å²) in [5.41, 5.74) is 2.61. The van der Waals surface area contributed by atoms with Crippen molar-refractivity contribution in [2.75, 3.05) is 13.7 Å². The van der Waals surface area contributed by atoms with E-state index in [2.05, 4.69) is 54.2 Å². The monoisotopic (exact) mass is 272 g/mol. The van der Waals surface area contributed by atoms with Crippen LogP contribution in [0.5, 0.6) is 5.75 Å². The molecule has 0 atom stereocenters. The molecule has 0 fully saturated rings. The van der Waals surface area contributed by atoms with Crippen LogP contribution in [0.3, 0.4) is 0 Å². The zero-order valence-corrected chi connectivity index (χ0v) is 12.6. The lowest BCUT2D eigenvalue weighted by molar-refractivity contribution is 0.414. The van der Waals surface area contributed by atoms with E-state index in [1.54, 1.807) is 7.11 Å². The molecule has 0 amide bonds. The van der Waals surface area contributed by atoms with Crippen LogP contribution in [0.25, 0.3) is 0 Å². The second-order valence-corrected chi connectivity index (χ2v) is 5.50. The van der Waals surface area contributed by atoms with Crippen LogP contribution < -0.4 is 10.1 Å². The molecule has 2 rings (SSSR count). The summed E-state index contributed by atoms with van der Waals surface area (Å²) in [7, 11) is 1.69. The first-order chi connectivity index (χ1) is 9.69. The van der Waals surface area contributed by atoms with E-state index >= 15 is 0 Å². The van der Waals surface area contributed by atoms with Crippen molar-refractivity contribution in [3.05, 3.63) is 53.9 Å². The molecule has 3 nitrogen and oxygen atoms in total. The van der Waals surface area contributed by atoms with E-state index in [0.717, 1.165) is 25.4 Å². The van der Waals surface area contributed by atoms with E-state index in [1.165, 1.54) is 11.3 Å². The van der Waals surface area contributed by atoms with Crippen LogP contribution in [0.1, 0.15) is 25.1 Å². The summed E-state index contributed by atoms with van der Waals surface area (Å²) in [6.07, 6.45) is 2.14. The third kappa shape index (κ3) is 4.14. The molecule has 0 aliphatic heterocycles. The van der Waals surface area contributed by atoms with E-state index in [1.807, 2.05) is 12.1 Å². The Morgan fingerprint density at radius 1 is 1.15 bits per heavy atom. The lowest BCUT2D eigenvalue weighted by atomic mass is 10.2. The highest BCUT2D eigenvalue weighted by molar-refractivity contribution is 5.27. The molecule has 1 heterocycles. The van der Waals surface area contributed by atoms with Crippen molar-refractivity contribution in [1.82, 2.24) is 9.88 Å². The highest BCUT2D eigenvalue weighted by atomic mass is 16.5. The van der Waals surface area contributed by atoms with Gasteiger partial charge in [-0.15, -0.1) is 0 Å². The fourth-order valence-electron chi connectivity index (χ4n) is 2.18. The Balaban J connectivity index is 1.96. The summed E-state index contributed by atoms with van der Waals surface area (Å²) in [5, 5.41) is 3.49. The van der Waals surface area contributed by atoms with Crippen molar-refractivity contribution >= 4 is 0 Å². The Morgan fingerprint density at radius 2 is 1.90 bits per heavy atom. The molecule has 1 aromatic heterocycles. The molecular formula is C17H24N2O.